The minimum absolute atomic E-state index is 0.0275. The molecular weight excluding hydrogens is 270 g/mol. The topological polar surface area (TPSA) is 82.5 Å². The highest BCUT2D eigenvalue weighted by Gasteiger charge is 2.26. The van der Waals surface area contributed by atoms with Crippen molar-refractivity contribution in [1.29, 1.82) is 0 Å². The number of hydrogen-bond donors (Lipinski definition) is 2. The van der Waals surface area contributed by atoms with Crippen LogP contribution in [0, 0.1) is 5.92 Å². The Hall–Kier alpha value is -1.95. The molecule has 1 aliphatic rings. The van der Waals surface area contributed by atoms with E-state index in [1.165, 1.54) is 0 Å². The van der Waals surface area contributed by atoms with Crippen LogP contribution in [0.15, 0.2) is 24.5 Å². The largest absolute Gasteiger partial charge is 0.481 e. The van der Waals surface area contributed by atoms with Crippen LogP contribution in [-0.4, -0.2) is 46.5 Å². The number of carboxylic acids is 1. The summed E-state index contributed by atoms with van der Waals surface area (Å²) in [5.74, 6) is -1.04. The van der Waals surface area contributed by atoms with Crippen molar-refractivity contribution in [2.24, 2.45) is 5.92 Å². The molecule has 0 bridgehead atoms. The van der Waals surface area contributed by atoms with Crippen LogP contribution in [-0.2, 0) is 9.59 Å². The lowest BCUT2D eigenvalue weighted by atomic mass is 9.97. The summed E-state index contributed by atoms with van der Waals surface area (Å²) in [6.45, 7) is 3.32. The Kier molecular flexibility index (Phi) is 5.27. The fraction of sp³-hybridized carbons (Fsp3) is 0.533. The maximum atomic E-state index is 12.1. The Morgan fingerprint density at radius 2 is 2.00 bits per heavy atom. The highest BCUT2D eigenvalue weighted by atomic mass is 16.4. The van der Waals surface area contributed by atoms with E-state index in [4.69, 9.17) is 5.11 Å². The number of likely N-dealkylation sites (tertiary alicyclic amines) is 1. The van der Waals surface area contributed by atoms with Crippen LogP contribution < -0.4 is 5.32 Å². The smallest absolute Gasteiger partial charge is 0.306 e. The minimum atomic E-state index is -0.758. The van der Waals surface area contributed by atoms with Gasteiger partial charge in [0.2, 0.25) is 5.91 Å². The van der Waals surface area contributed by atoms with Crippen molar-refractivity contribution in [2.45, 2.75) is 25.8 Å². The van der Waals surface area contributed by atoms with Crippen LogP contribution >= 0.6 is 0 Å². The molecule has 0 saturated carbocycles. The van der Waals surface area contributed by atoms with E-state index in [0.717, 1.165) is 5.56 Å². The van der Waals surface area contributed by atoms with Gasteiger partial charge in [-0.25, -0.2) is 0 Å². The van der Waals surface area contributed by atoms with Crippen molar-refractivity contribution in [3.63, 3.8) is 0 Å². The van der Waals surface area contributed by atoms with E-state index in [1.54, 1.807) is 17.3 Å². The van der Waals surface area contributed by atoms with E-state index in [0.29, 0.717) is 25.9 Å². The van der Waals surface area contributed by atoms with Crippen LogP contribution in [0.1, 0.15) is 31.4 Å². The third-order valence-electron chi connectivity index (χ3n) is 3.96. The summed E-state index contributed by atoms with van der Waals surface area (Å²) in [6, 6.07) is 3.91. The number of carbonyl (C=O) groups is 2. The summed E-state index contributed by atoms with van der Waals surface area (Å²) in [5.41, 5.74) is 1.09. The van der Waals surface area contributed by atoms with Gasteiger partial charge < -0.3 is 15.3 Å². The molecule has 21 heavy (non-hydrogen) atoms. The number of pyridine rings is 1. The predicted octanol–water partition coefficient (Wildman–Crippen LogP) is 1.06. The van der Waals surface area contributed by atoms with Crippen LogP contribution in [0.5, 0.6) is 0 Å². The summed E-state index contributed by atoms with van der Waals surface area (Å²) in [7, 11) is 0. The van der Waals surface area contributed by atoms with E-state index in [9.17, 15) is 9.59 Å². The zero-order valence-corrected chi connectivity index (χ0v) is 12.2. The lowest BCUT2D eigenvalue weighted by Crippen LogP contribution is -2.44. The van der Waals surface area contributed by atoms with Crippen molar-refractivity contribution in [2.75, 3.05) is 19.6 Å². The van der Waals surface area contributed by atoms with Crippen molar-refractivity contribution in [1.82, 2.24) is 15.2 Å². The lowest BCUT2D eigenvalue weighted by molar-refractivity contribution is -0.145. The molecule has 1 amide bonds. The highest BCUT2D eigenvalue weighted by Crippen LogP contribution is 2.17. The molecule has 2 heterocycles. The van der Waals surface area contributed by atoms with Crippen molar-refractivity contribution >= 4 is 11.9 Å². The number of carbonyl (C=O) groups excluding carboxylic acids is 1. The second-order valence-corrected chi connectivity index (χ2v) is 5.38. The summed E-state index contributed by atoms with van der Waals surface area (Å²) in [5, 5.41) is 12.1. The quantitative estimate of drug-likeness (QED) is 0.847. The molecule has 114 valence electrons. The standard InChI is InChI=1S/C15H21N3O3/c1-11(12-2-6-16-7-3-12)17-10-14(19)18-8-4-13(5-9-18)15(20)21/h2-3,6-7,11,13,17H,4-5,8-10H2,1H3,(H,20,21). The molecule has 1 saturated heterocycles. The van der Waals surface area contributed by atoms with Gasteiger partial charge >= 0.3 is 5.97 Å². The molecule has 2 N–H and O–H groups in total. The number of hydrogen-bond acceptors (Lipinski definition) is 4. The van der Waals surface area contributed by atoms with E-state index in [2.05, 4.69) is 10.3 Å². The van der Waals surface area contributed by atoms with Gasteiger partial charge in [-0.2, -0.15) is 0 Å². The summed E-state index contributed by atoms with van der Waals surface area (Å²) >= 11 is 0. The SMILES string of the molecule is CC(NCC(=O)N1CCC(C(=O)O)CC1)c1ccncc1. The molecular formula is C15H21N3O3. The maximum absolute atomic E-state index is 12.1. The molecule has 1 fully saturated rings. The van der Waals surface area contributed by atoms with Crippen LogP contribution in [0.3, 0.4) is 0 Å². The second-order valence-electron chi connectivity index (χ2n) is 5.38. The van der Waals surface area contributed by atoms with Gasteiger partial charge in [0.1, 0.15) is 0 Å². The van der Waals surface area contributed by atoms with Crippen LogP contribution in [0.25, 0.3) is 0 Å². The Morgan fingerprint density at radius 1 is 1.38 bits per heavy atom. The van der Waals surface area contributed by atoms with Gasteiger partial charge in [0.05, 0.1) is 12.5 Å². The molecule has 0 aliphatic carbocycles. The Labute approximate surface area is 124 Å². The average molecular weight is 291 g/mol. The van der Waals surface area contributed by atoms with E-state index >= 15 is 0 Å². The molecule has 1 aromatic heterocycles. The molecule has 1 aromatic rings. The number of amides is 1. The molecule has 0 radical (unpaired) electrons. The fourth-order valence-electron chi connectivity index (χ4n) is 2.50. The summed E-state index contributed by atoms with van der Waals surface area (Å²) in [6.07, 6.45) is 4.54. The van der Waals surface area contributed by atoms with Crippen molar-refractivity contribution in [3.05, 3.63) is 30.1 Å². The zero-order chi connectivity index (χ0) is 15.2. The van der Waals surface area contributed by atoms with Crippen molar-refractivity contribution < 1.29 is 14.7 Å². The summed E-state index contributed by atoms with van der Waals surface area (Å²) < 4.78 is 0. The van der Waals surface area contributed by atoms with Gasteiger partial charge in [-0.3, -0.25) is 14.6 Å². The number of carboxylic acid groups (broad SMARTS) is 1. The molecule has 6 heteroatoms. The Balaban J connectivity index is 1.76. The number of aliphatic carboxylic acids is 1. The number of piperidine rings is 1. The predicted molar refractivity (Wildman–Crippen MR) is 77.6 cm³/mol. The van der Waals surface area contributed by atoms with Gasteiger partial charge in [-0.15, -0.1) is 0 Å². The van der Waals surface area contributed by atoms with Gasteiger partial charge in [0.25, 0.3) is 0 Å². The van der Waals surface area contributed by atoms with Crippen LogP contribution in [0.2, 0.25) is 0 Å². The molecule has 1 aliphatic heterocycles. The number of nitrogens with zero attached hydrogens (tertiary/aromatic N) is 2. The lowest BCUT2D eigenvalue weighted by Gasteiger charge is -2.30. The first kappa shape index (κ1) is 15.4. The first-order valence-corrected chi connectivity index (χ1v) is 7.22. The fourth-order valence-corrected chi connectivity index (χ4v) is 2.50. The van der Waals surface area contributed by atoms with Gasteiger partial charge in [0, 0.05) is 31.5 Å². The first-order valence-electron chi connectivity index (χ1n) is 7.22. The van der Waals surface area contributed by atoms with Crippen LogP contribution in [0.4, 0.5) is 0 Å². The monoisotopic (exact) mass is 291 g/mol. The molecule has 1 atom stereocenters. The number of nitrogens with one attached hydrogen (secondary N) is 1. The summed E-state index contributed by atoms with van der Waals surface area (Å²) in [4.78, 5) is 28.7. The molecule has 0 spiro atoms. The van der Waals surface area contributed by atoms with E-state index in [1.807, 2.05) is 19.1 Å². The zero-order valence-electron chi connectivity index (χ0n) is 12.2. The molecule has 2 rings (SSSR count). The van der Waals surface area contributed by atoms with Gasteiger partial charge in [-0.05, 0) is 37.5 Å². The highest BCUT2D eigenvalue weighted by molar-refractivity contribution is 5.79. The number of rotatable bonds is 5. The normalized spacial score (nSPS) is 17.5. The van der Waals surface area contributed by atoms with E-state index in [-0.39, 0.29) is 24.4 Å². The minimum Gasteiger partial charge on any atom is -0.481 e. The van der Waals surface area contributed by atoms with Crippen molar-refractivity contribution in [3.8, 4) is 0 Å². The maximum Gasteiger partial charge on any atom is 0.306 e. The Bertz CT molecular complexity index is 484. The van der Waals surface area contributed by atoms with Gasteiger partial charge in [-0.1, -0.05) is 0 Å². The molecule has 1 unspecified atom stereocenters. The molecule has 0 aromatic carbocycles. The first-order chi connectivity index (χ1) is 10.1. The van der Waals surface area contributed by atoms with Gasteiger partial charge in [0.15, 0.2) is 0 Å². The van der Waals surface area contributed by atoms with E-state index < -0.39 is 5.97 Å². The molecule has 6 nitrogen and oxygen atoms in total. The third kappa shape index (κ3) is 4.26. The second kappa shape index (κ2) is 7.17. The average Bonchev–Trinajstić information content (AvgIpc) is 2.53. The number of aromatic nitrogens is 1. The third-order valence-corrected chi connectivity index (χ3v) is 3.96. The Morgan fingerprint density at radius 3 is 2.57 bits per heavy atom.